The van der Waals surface area contributed by atoms with Gasteiger partial charge in [0.2, 0.25) is 0 Å². The second-order valence-electron chi connectivity index (χ2n) is 12.3. The fraction of sp³-hybridized carbons (Fsp3) is 0. The Balaban J connectivity index is 1.16. The van der Waals surface area contributed by atoms with Gasteiger partial charge in [-0.25, -0.2) is 0 Å². The summed E-state index contributed by atoms with van der Waals surface area (Å²) in [5.74, 6) is 0. The molecule has 0 saturated carbocycles. The molecule has 0 spiro atoms. The summed E-state index contributed by atoms with van der Waals surface area (Å²) < 4.78 is 4.35. The molecule has 0 aliphatic heterocycles. The van der Waals surface area contributed by atoms with Gasteiger partial charge in [0.05, 0.1) is 56.6 Å². The van der Waals surface area contributed by atoms with Crippen molar-refractivity contribution in [1.82, 2.24) is 9.13 Å². The number of aromatic nitrogens is 2. The minimum absolute atomic E-state index is 0.562. The predicted octanol–water partition coefficient (Wildman–Crippen LogP) is 10.8. The zero-order valence-electron chi connectivity index (χ0n) is 26.7. The summed E-state index contributed by atoms with van der Waals surface area (Å²) >= 11 is 0. The molecule has 0 radical (unpaired) electrons. The molecule has 0 atom stereocenters. The lowest BCUT2D eigenvalue weighted by atomic mass is 9.95. The number of para-hydroxylation sites is 4. The molecule has 0 amide bonds. The third kappa shape index (κ3) is 4.31. The Kier molecular flexibility index (Phi) is 6.56. The molecule has 9 aromatic rings. The van der Waals surface area contributed by atoms with Crippen molar-refractivity contribution in [3.63, 3.8) is 0 Å². The van der Waals surface area contributed by atoms with Crippen molar-refractivity contribution in [2.24, 2.45) is 0 Å². The standard InChI is InChI=1S/C45H25N5/c46-26-29-16-23-44-40(24-29)39-11-3-4-13-41(39)49(44)34-21-22-35(33(25-34)28-48)30-17-19-31(20-18-30)36-12-7-8-32(27-47)45(36)50-42-14-5-1-9-37(42)38-10-2-6-15-43(38)50/h1-25H. The van der Waals surface area contributed by atoms with Gasteiger partial charge in [-0.05, 0) is 71.3 Å². The molecule has 50 heavy (non-hydrogen) atoms. The van der Waals surface area contributed by atoms with Gasteiger partial charge < -0.3 is 9.13 Å². The molecular formula is C45H25N5. The van der Waals surface area contributed by atoms with Crippen LogP contribution in [0.3, 0.4) is 0 Å². The molecule has 2 heterocycles. The third-order valence-corrected chi connectivity index (χ3v) is 9.65. The van der Waals surface area contributed by atoms with E-state index in [0.29, 0.717) is 16.7 Å². The first-order valence-corrected chi connectivity index (χ1v) is 16.3. The lowest BCUT2D eigenvalue weighted by Gasteiger charge is -2.16. The highest BCUT2D eigenvalue weighted by Gasteiger charge is 2.19. The summed E-state index contributed by atoms with van der Waals surface area (Å²) in [5, 5.41) is 34.5. The molecule has 0 unspecified atom stereocenters. The highest BCUT2D eigenvalue weighted by atomic mass is 15.0. The number of hydrogen-bond acceptors (Lipinski definition) is 3. The Labute approximate surface area is 287 Å². The zero-order chi connectivity index (χ0) is 33.8. The smallest absolute Gasteiger partial charge is 0.101 e. The topological polar surface area (TPSA) is 81.2 Å². The Bertz CT molecular complexity index is 2900. The first-order valence-electron chi connectivity index (χ1n) is 16.3. The molecular weight excluding hydrogens is 611 g/mol. The second kappa shape index (κ2) is 11.4. The van der Waals surface area contributed by atoms with Crippen molar-refractivity contribution in [1.29, 1.82) is 15.8 Å². The van der Waals surface area contributed by atoms with E-state index in [2.05, 4.69) is 81.9 Å². The number of fused-ring (bicyclic) bond motifs is 6. The second-order valence-corrected chi connectivity index (χ2v) is 12.3. The number of hydrogen-bond donors (Lipinski definition) is 0. The van der Waals surface area contributed by atoms with Gasteiger partial charge >= 0.3 is 0 Å². The maximum Gasteiger partial charge on any atom is 0.101 e. The molecule has 7 aromatic carbocycles. The molecule has 0 saturated heterocycles. The fourth-order valence-electron chi connectivity index (χ4n) is 7.44. The molecule has 9 rings (SSSR count). The van der Waals surface area contributed by atoms with Crippen molar-refractivity contribution in [3.8, 4) is 51.8 Å². The van der Waals surface area contributed by atoms with Crippen molar-refractivity contribution in [2.75, 3.05) is 0 Å². The Hall–Kier alpha value is -7.39. The van der Waals surface area contributed by atoms with Gasteiger partial charge in [-0.3, -0.25) is 0 Å². The summed E-state index contributed by atoms with van der Waals surface area (Å²) in [6.07, 6.45) is 0. The van der Waals surface area contributed by atoms with Gasteiger partial charge in [0.25, 0.3) is 0 Å². The van der Waals surface area contributed by atoms with E-state index >= 15 is 0 Å². The molecule has 0 bridgehead atoms. The number of rotatable bonds is 4. The molecule has 0 N–H and O–H groups in total. The first-order chi connectivity index (χ1) is 24.7. The highest BCUT2D eigenvalue weighted by Crippen LogP contribution is 2.39. The monoisotopic (exact) mass is 635 g/mol. The summed E-state index contributed by atoms with van der Waals surface area (Å²) in [5.41, 5.74) is 11.2. The van der Waals surface area contributed by atoms with Gasteiger partial charge in [0.1, 0.15) is 6.07 Å². The van der Waals surface area contributed by atoms with Crippen LogP contribution < -0.4 is 0 Å². The average Bonchev–Trinajstić information content (AvgIpc) is 3.70. The Morgan fingerprint density at radius 1 is 0.380 bits per heavy atom. The predicted molar refractivity (Wildman–Crippen MR) is 200 cm³/mol. The average molecular weight is 636 g/mol. The van der Waals surface area contributed by atoms with Crippen LogP contribution in [0.5, 0.6) is 0 Å². The largest absolute Gasteiger partial charge is 0.309 e. The maximum atomic E-state index is 10.4. The van der Waals surface area contributed by atoms with Gasteiger partial charge in [-0.1, -0.05) is 97.1 Å². The Morgan fingerprint density at radius 3 is 1.56 bits per heavy atom. The highest BCUT2D eigenvalue weighted by molar-refractivity contribution is 6.11. The number of nitrogens with zero attached hydrogens (tertiary/aromatic N) is 5. The van der Waals surface area contributed by atoms with Crippen LogP contribution in [0.1, 0.15) is 16.7 Å². The van der Waals surface area contributed by atoms with E-state index in [1.165, 1.54) is 0 Å². The molecule has 0 fully saturated rings. The lowest BCUT2D eigenvalue weighted by molar-refractivity contribution is 1.17. The van der Waals surface area contributed by atoms with E-state index in [-0.39, 0.29) is 0 Å². The quantitative estimate of drug-likeness (QED) is 0.193. The van der Waals surface area contributed by atoms with Crippen molar-refractivity contribution in [2.45, 2.75) is 0 Å². The molecule has 2 aromatic heterocycles. The van der Waals surface area contributed by atoms with Crippen LogP contribution in [0.4, 0.5) is 0 Å². The SMILES string of the molecule is N#Cc1ccc2c(c1)c1ccccc1n2-c1ccc(-c2ccc(-c3cccc(C#N)c3-n3c4ccccc4c4ccccc43)cc2)c(C#N)c1. The number of nitriles is 3. The minimum Gasteiger partial charge on any atom is -0.309 e. The minimum atomic E-state index is 0.562. The van der Waals surface area contributed by atoms with Gasteiger partial charge in [0.15, 0.2) is 0 Å². The summed E-state index contributed by atoms with van der Waals surface area (Å²) in [7, 11) is 0. The van der Waals surface area contributed by atoms with Crippen molar-refractivity contribution in [3.05, 3.63) is 168 Å². The van der Waals surface area contributed by atoms with E-state index in [1.807, 2.05) is 97.1 Å². The molecule has 230 valence electrons. The van der Waals surface area contributed by atoms with E-state index in [0.717, 1.165) is 77.2 Å². The van der Waals surface area contributed by atoms with E-state index in [1.54, 1.807) is 0 Å². The summed E-state index contributed by atoms with van der Waals surface area (Å²) in [4.78, 5) is 0. The molecule has 0 aliphatic carbocycles. The van der Waals surface area contributed by atoms with E-state index in [4.69, 9.17) is 0 Å². The first kappa shape index (κ1) is 28.8. The van der Waals surface area contributed by atoms with Crippen LogP contribution in [0.15, 0.2) is 152 Å². The molecule has 0 aliphatic rings. The van der Waals surface area contributed by atoms with Crippen LogP contribution in [0, 0.1) is 34.0 Å². The van der Waals surface area contributed by atoms with Crippen molar-refractivity contribution < 1.29 is 0 Å². The van der Waals surface area contributed by atoms with Gasteiger partial charge in [0, 0.05) is 32.8 Å². The Morgan fingerprint density at radius 2 is 0.940 bits per heavy atom. The van der Waals surface area contributed by atoms with Crippen LogP contribution in [0.25, 0.3) is 77.2 Å². The fourth-order valence-corrected chi connectivity index (χ4v) is 7.44. The van der Waals surface area contributed by atoms with Crippen LogP contribution in [-0.2, 0) is 0 Å². The van der Waals surface area contributed by atoms with Crippen LogP contribution in [0.2, 0.25) is 0 Å². The van der Waals surface area contributed by atoms with Gasteiger partial charge in [-0.15, -0.1) is 0 Å². The molecule has 5 heteroatoms. The van der Waals surface area contributed by atoms with Gasteiger partial charge in [-0.2, -0.15) is 15.8 Å². The normalized spacial score (nSPS) is 11.1. The number of benzene rings is 7. The van der Waals surface area contributed by atoms with E-state index in [9.17, 15) is 15.8 Å². The van der Waals surface area contributed by atoms with Crippen molar-refractivity contribution >= 4 is 43.6 Å². The summed E-state index contributed by atoms with van der Waals surface area (Å²) in [6.45, 7) is 0. The van der Waals surface area contributed by atoms with E-state index < -0.39 is 0 Å². The summed E-state index contributed by atoms with van der Waals surface area (Å²) in [6, 6.07) is 57.7. The maximum absolute atomic E-state index is 10.4. The molecule has 5 nitrogen and oxygen atoms in total. The third-order valence-electron chi connectivity index (χ3n) is 9.65. The van der Waals surface area contributed by atoms with Crippen LogP contribution >= 0.6 is 0 Å². The van der Waals surface area contributed by atoms with Crippen LogP contribution in [-0.4, -0.2) is 9.13 Å². The zero-order valence-corrected chi connectivity index (χ0v) is 26.7. The lowest BCUT2D eigenvalue weighted by Crippen LogP contribution is -2.00.